The summed E-state index contributed by atoms with van der Waals surface area (Å²) in [7, 11) is -3.85. The van der Waals surface area contributed by atoms with Gasteiger partial charge < -0.3 is 5.11 Å². The summed E-state index contributed by atoms with van der Waals surface area (Å²) in [5.41, 5.74) is -0.288. The van der Waals surface area contributed by atoms with Crippen molar-refractivity contribution in [2.75, 3.05) is 0 Å². The molecule has 0 bridgehead atoms. The van der Waals surface area contributed by atoms with Crippen molar-refractivity contribution in [1.29, 1.82) is 0 Å². The Bertz CT molecular complexity index is 869. The molecule has 8 nitrogen and oxygen atoms in total. The Morgan fingerprint density at radius 1 is 1.26 bits per heavy atom. The topological polar surface area (TPSA) is 122 Å². The monoisotopic (exact) mass is 399 g/mol. The summed E-state index contributed by atoms with van der Waals surface area (Å²) >= 11 is 2.98. The van der Waals surface area contributed by atoms with Crippen molar-refractivity contribution in [1.82, 2.24) is 4.83 Å². The first-order valence-corrected chi connectivity index (χ1v) is 8.35. The lowest BCUT2D eigenvalue weighted by atomic mass is 10.2. The summed E-state index contributed by atoms with van der Waals surface area (Å²) in [6, 6.07) is 9.75. The Labute approximate surface area is 139 Å². The number of nitro benzene ring substituents is 1. The predicted octanol–water partition coefficient (Wildman–Crippen LogP) is 2.38. The fourth-order valence-corrected chi connectivity index (χ4v) is 2.90. The summed E-state index contributed by atoms with van der Waals surface area (Å²) in [5, 5.41) is 24.1. The Kier molecular flexibility index (Phi) is 4.96. The van der Waals surface area contributed by atoms with E-state index in [0.717, 1.165) is 18.3 Å². The zero-order chi connectivity index (χ0) is 17.0. The van der Waals surface area contributed by atoms with Gasteiger partial charge in [0.05, 0.1) is 20.5 Å². The number of benzene rings is 2. The molecule has 0 unspecified atom stereocenters. The highest BCUT2D eigenvalue weighted by atomic mass is 79.9. The highest BCUT2D eigenvalue weighted by Gasteiger charge is 2.15. The summed E-state index contributed by atoms with van der Waals surface area (Å²) in [4.78, 5) is 12.1. The maximum Gasteiger partial charge on any atom is 0.276 e. The van der Waals surface area contributed by atoms with E-state index in [1.165, 1.54) is 12.1 Å². The third-order valence-corrected chi connectivity index (χ3v) is 4.56. The smallest absolute Gasteiger partial charge is 0.276 e. The van der Waals surface area contributed by atoms with Crippen LogP contribution >= 0.6 is 15.9 Å². The van der Waals surface area contributed by atoms with Crippen LogP contribution in [0.3, 0.4) is 0 Å². The van der Waals surface area contributed by atoms with Crippen molar-refractivity contribution in [2.45, 2.75) is 4.90 Å². The molecular weight excluding hydrogens is 390 g/mol. The van der Waals surface area contributed by atoms with E-state index in [0.29, 0.717) is 0 Å². The van der Waals surface area contributed by atoms with Crippen LogP contribution in [0.15, 0.2) is 56.9 Å². The van der Waals surface area contributed by atoms with E-state index in [2.05, 4.69) is 21.0 Å². The van der Waals surface area contributed by atoms with Crippen molar-refractivity contribution in [3.8, 4) is 5.75 Å². The summed E-state index contributed by atoms with van der Waals surface area (Å²) in [6.07, 6.45) is 0.980. The van der Waals surface area contributed by atoms with Crippen LogP contribution in [0, 0.1) is 10.1 Å². The number of aromatic hydroxyl groups is 1. The fraction of sp³-hybridized carbons (Fsp3) is 0. The minimum atomic E-state index is -3.85. The van der Waals surface area contributed by atoms with Gasteiger partial charge in [-0.25, -0.2) is 4.83 Å². The van der Waals surface area contributed by atoms with Crippen LogP contribution < -0.4 is 4.83 Å². The molecule has 2 aromatic carbocycles. The molecular formula is C13H10BrN3O5S. The summed E-state index contributed by atoms with van der Waals surface area (Å²) < 4.78 is 24.0. The number of rotatable bonds is 5. The van der Waals surface area contributed by atoms with Crippen molar-refractivity contribution in [3.05, 3.63) is 62.6 Å². The van der Waals surface area contributed by atoms with Crippen LogP contribution in [0.25, 0.3) is 0 Å². The summed E-state index contributed by atoms with van der Waals surface area (Å²) in [6.45, 7) is 0. The molecule has 0 heterocycles. The van der Waals surface area contributed by atoms with Crippen LogP contribution in [0.4, 0.5) is 5.69 Å². The summed E-state index contributed by atoms with van der Waals surface area (Å²) in [5.74, 6) is -0.293. The third kappa shape index (κ3) is 4.05. The van der Waals surface area contributed by atoms with Gasteiger partial charge in [0.25, 0.3) is 15.7 Å². The fourth-order valence-electron chi connectivity index (χ4n) is 1.63. The van der Waals surface area contributed by atoms with E-state index >= 15 is 0 Å². The Morgan fingerprint density at radius 2 is 1.91 bits per heavy atom. The van der Waals surface area contributed by atoms with Gasteiger partial charge in [0.1, 0.15) is 5.75 Å². The number of hydrazone groups is 1. The number of sulfonamides is 1. The maximum absolute atomic E-state index is 11.9. The van der Waals surface area contributed by atoms with Gasteiger partial charge in [-0.05, 0) is 28.1 Å². The molecule has 0 amide bonds. The van der Waals surface area contributed by atoms with Gasteiger partial charge in [-0.1, -0.05) is 18.2 Å². The number of non-ortho nitro benzene ring substituents is 1. The molecule has 2 N–H and O–H groups in total. The van der Waals surface area contributed by atoms with E-state index in [4.69, 9.17) is 0 Å². The Balaban J connectivity index is 2.26. The average Bonchev–Trinajstić information content (AvgIpc) is 2.51. The van der Waals surface area contributed by atoms with Crippen molar-refractivity contribution in [3.63, 3.8) is 0 Å². The van der Waals surface area contributed by atoms with Crippen LogP contribution in [0.1, 0.15) is 5.56 Å². The second kappa shape index (κ2) is 6.75. The lowest BCUT2D eigenvalue weighted by molar-refractivity contribution is -0.385. The van der Waals surface area contributed by atoms with Gasteiger partial charge in [0.2, 0.25) is 0 Å². The lowest BCUT2D eigenvalue weighted by Gasteiger charge is -2.04. The lowest BCUT2D eigenvalue weighted by Crippen LogP contribution is -2.18. The number of halogens is 1. The number of hydrogen-bond donors (Lipinski definition) is 2. The second-order valence-electron chi connectivity index (χ2n) is 4.29. The van der Waals surface area contributed by atoms with Crippen molar-refractivity contribution < 1.29 is 18.4 Å². The molecule has 23 heavy (non-hydrogen) atoms. The number of nitrogens with zero attached hydrogens (tertiary/aromatic N) is 2. The molecule has 2 aromatic rings. The second-order valence-corrected chi connectivity index (χ2v) is 6.80. The first-order valence-electron chi connectivity index (χ1n) is 6.08. The molecule has 2 rings (SSSR count). The van der Waals surface area contributed by atoms with Crippen LogP contribution in [0.2, 0.25) is 0 Å². The predicted molar refractivity (Wildman–Crippen MR) is 86.8 cm³/mol. The average molecular weight is 400 g/mol. The molecule has 0 aliphatic heterocycles. The maximum atomic E-state index is 11.9. The van der Waals surface area contributed by atoms with Crippen LogP contribution in [-0.4, -0.2) is 24.7 Å². The number of phenolic OH excluding ortho intramolecular Hbond substituents is 1. The van der Waals surface area contributed by atoms with E-state index in [1.54, 1.807) is 18.2 Å². The molecule has 0 aromatic heterocycles. The molecule has 10 heteroatoms. The molecule has 0 aliphatic rings. The number of phenols is 1. The highest BCUT2D eigenvalue weighted by Crippen LogP contribution is 2.31. The number of nitrogens with one attached hydrogen (secondary N) is 1. The van der Waals surface area contributed by atoms with Crippen LogP contribution in [-0.2, 0) is 10.0 Å². The molecule has 0 fully saturated rings. The minimum Gasteiger partial charge on any atom is -0.506 e. The molecule has 120 valence electrons. The van der Waals surface area contributed by atoms with Crippen LogP contribution in [0.5, 0.6) is 5.75 Å². The number of nitro groups is 1. The normalized spacial score (nSPS) is 11.5. The third-order valence-electron chi connectivity index (χ3n) is 2.72. The SMILES string of the molecule is O=[N+]([O-])c1cc(Br)c(O)c(C=NNS(=O)(=O)c2ccccc2)c1. The van der Waals surface area contributed by atoms with E-state index < -0.39 is 14.9 Å². The van der Waals surface area contributed by atoms with E-state index in [9.17, 15) is 23.6 Å². The van der Waals surface area contributed by atoms with Gasteiger partial charge in [-0.2, -0.15) is 13.5 Å². The molecule has 0 saturated carbocycles. The van der Waals surface area contributed by atoms with Gasteiger partial charge in [-0.3, -0.25) is 10.1 Å². The first kappa shape index (κ1) is 16.9. The zero-order valence-electron chi connectivity index (χ0n) is 11.4. The highest BCUT2D eigenvalue weighted by molar-refractivity contribution is 9.10. The molecule has 0 aliphatic carbocycles. The van der Waals surface area contributed by atoms with E-state index in [-0.39, 0.29) is 26.4 Å². The Hall–Kier alpha value is -2.46. The quantitative estimate of drug-likeness (QED) is 0.453. The first-order chi connectivity index (χ1) is 10.8. The standard InChI is InChI=1S/C13H10BrN3O5S/c14-12-7-10(17(19)20)6-9(13(12)18)8-15-16-23(21,22)11-4-2-1-3-5-11/h1-8,16,18H. The number of hydrogen-bond acceptors (Lipinski definition) is 6. The van der Waals surface area contributed by atoms with Gasteiger partial charge >= 0.3 is 0 Å². The van der Waals surface area contributed by atoms with Gasteiger partial charge in [0, 0.05) is 17.7 Å². The Morgan fingerprint density at radius 3 is 2.52 bits per heavy atom. The molecule has 0 spiro atoms. The van der Waals surface area contributed by atoms with Gasteiger partial charge in [-0.15, -0.1) is 0 Å². The molecule has 0 atom stereocenters. The zero-order valence-corrected chi connectivity index (χ0v) is 13.8. The van der Waals surface area contributed by atoms with E-state index in [1.807, 2.05) is 4.83 Å². The molecule has 0 radical (unpaired) electrons. The minimum absolute atomic E-state index is 0.0122. The van der Waals surface area contributed by atoms with Gasteiger partial charge in [0.15, 0.2) is 0 Å². The largest absolute Gasteiger partial charge is 0.506 e. The molecule has 0 saturated heterocycles. The van der Waals surface area contributed by atoms with Crippen molar-refractivity contribution >= 4 is 37.9 Å². The van der Waals surface area contributed by atoms with Crippen molar-refractivity contribution in [2.24, 2.45) is 5.10 Å².